The average Bonchev–Trinajstić information content (AvgIpc) is 2.63. The van der Waals surface area contributed by atoms with Crippen molar-refractivity contribution in [2.24, 2.45) is 0 Å². The van der Waals surface area contributed by atoms with Crippen molar-refractivity contribution in [1.82, 2.24) is 10.3 Å². The summed E-state index contributed by atoms with van der Waals surface area (Å²) in [7, 11) is 0. The van der Waals surface area contributed by atoms with Crippen molar-refractivity contribution < 1.29 is 9.59 Å². The fourth-order valence-electron chi connectivity index (χ4n) is 3.03. The van der Waals surface area contributed by atoms with Crippen molar-refractivity contribution in [3.05, 3.63) is 58.4 Å². The van der Waals surface area contributed by atoms with Crippen LogP contribution in [0.25, 0.3) is 0 Å². The Morgan fingerprint density at radius 1 is 1.12 bits per heavy atom. The number of hydrogen-bond acceptors (Lipinski definition) is 3. The Bertz CT molecular complexity index is 807. The summed E-state index contributed by atoms with van der Waals surface area (Å²) < 4.78 is 0. The number of halogens is 1. The number of aryl methyl sites for hydroxylation is 2. The molecule has 0 radical (unpaired) electrons. The molecule has 1 heterocycles. The first-order valence-electron chi connectivity index (χ1n) is 8.38. The second kappa shape index (κ2) is 7.66. The van der Waals surface area contributed by atoms with E-state index in [0.29, 0.717) is 5.69 Å². The molecule has 1 unspecified atom stereocenters. The van der Waals surface area contributed by atoms with Gasteiger partial charge in [-0.2, -0.15) is 0 Å². The largest absolute Gasteiger partial charge is 0.341 e. The molecule has 2 amide bonds. The second-order valence-electron chi connectivity index (χ2n) is 6.23. The van der Waals surface area contributed by atoms with Gasteiger partial charge in [0.2, 0.25) is 0 Å². The summed E-state index contributed by atoms with van der Waals surface area (Å²) in [5.41, 5.74) is 4.04. The van der Waals surface area contributed by atoms with Gasteiger partial charge < -0.3 is 10.6 Å². The number of nitrogens with one attached hydrogen (secondary N) is 2. The predicted molar refractivity (Wildman–Crippen MR) is 97.5 cm³/mol. The van der Waals surface area contributed by atoms with Crippen LogP contribution in [0.5, 0.6) is 0 Å². The molecule has 1 atom stereocenters. The van der Waals surface area contributed by atoms with E-state index in [2.05, 4.69) is 27.8 Å². The van der Waals surface area contributed by atoms with E-state index in [1.54, 1.807) is 12.1 Å². The lowest BCUT2D eigenvalue weighted by Gasteiger charge is -2.20. The summed E-state index contributed by atoms with van der Waals surface area (Å²) in [4.78, 5) is 28.1. The standard InChI is InChI=1S/C19H20ClN3O2/c1-12(14-9-8-13-5-2-3-6-15(13)11-14)22-18(24)19(25)23-16-7-4-10-21-17(16)20/h4,7-12H,2-3,5-6H2,1H3,(H,22,24)(H,23,25). The van der Waals surface area contributed by atoms with E-state index >= 15 is 0 Å². The molecule has 0 fully saturated rings. The second-order valence-corrected chi connectivity index (χ2v) is 6.58. The topological polar surface area (TPSA) is 71.1 Å². The van der Waals surface area contributed by atoms with Crippen LogP contribution in [0.2, 0.25) is 5.15 Å². The van der Waals surface area contributed by atoms with E-state index < -0.39 is 11.8 Å². The van der Waals surface area contributed by atoms with Crippen LogP contribution in [0, 0.1) is 0 Å². The normalized spacial score (nSPS) is 14.3. The number of carbonyl (C=O) groups is 2. The quantitative estimate of drug-likeness (QED) is 0.653. The highest BCUT2D eigenvalue weighted by molar-refractivity contribution is 6.41. The maximum atomic E-state index is 12.1. The maximum Gasteiger partial charge on any atom is 0.313 e. The Kier molecular flexibility index (Phi) is 5.34. The van der Waals surface area contributed by atoms with E-state index in [1.165, 1.54) is 30.2 Å². The van der Waals surface area contributed by atoms with Crippen molar-refractivity contribution in [2.75, 3.05) is 5.32 Å². The first-order valence-corrected chi connectivity index (χ1v) is 8.76. The maximum absolute atomic E-state index is 12.1. The molecular weight excluding hydrogens is 338 g/mol. The van der Waals surface area contributed by atoms with E-state index in [-0.39, 0.29) is 11.2 Å². The summed E-state index contributed by atoms with van der Waals surface area (Å²) >= 11 is 5.88. The van der Waals surface area contributed by atoms with Gasteiger partial charge >= 0.3 is 11.8 Å². The van der Waals surface area contributed by atoms with Gasteiger partial charge in [0.25, 0.3) is 0 Å². The minimum atomic E-state index is -0.764. The van der Waals surface area contributed by atoms with Gasteiger partial charge in [-0.25, -0.2) is 4.98 Å². The first-order chi connectivity index (χ1) is 12.0. The molecule has 0 saturated carbocycles. The molecule has 1 aromatic heterocycles. The van der Waals surface area contributed by atoms with Crippen LogP contribution in [0.3, 0.4) is 0 Å². The van der Waals surface area contributed by atoms with Crippen LogP contribution in [0.15, 0.2) is 36.5 Å². The van der Waals surface area contributed by atoms with E-state index in [4.69, 9.17) is 11.6 Å². The lowest BCUT2D eigenvalue weighted by atomic mass is 9.89. The third-order valence-electron chi connectivity index (χ3n) is 4.43. The van der Waals surface area contributed by atoms with Crippen LogP contribution < -0.4 is 10.6 Å². The predicted octanol–water partition coefficient (Wildman–Crippen LogP) is 3.43. The molecule has 3 rings (SSSR count). The van der Waals surface area contributed by atoms with Crippen LogP contribution >= 0.6 is 11.6 Å². The average molecular weight is 358 g/mol. The molecule has 5 nitrogen and oxygen atoms in total. The molecule has 0 aliphatic heterocycles. The lowest BCUT2D eigenvalue weighted by Crippen LogP contribution is -2.37. The van der Waals surface area contributed by atoms with Crippen molar-refractivity contribution in [3.8, 4) is 0 Å². The summed E-state index contributed by atoms with van der Waals surface area (Å²) in [6.45, 7) is 1.87. The highest BCUT2D eigenvalue weighted by atomic mass is 35.5. The number of fused-ring (bicyclic) bond motifs is 1. The molecule has 6 heteroatoms. The molecule has 1 aromatic carbocycles. The van der Waals surface area contributed by atoms with Gasteiger partial charge in [0, 0.05) is 6.20 Å². The zero-order valence-corrected chi connectivity index (χ0v) is 14.8. The van der Waals surface area contributed by atoms with Crippen molar-refractivity contribution in [1.29, 1.82) is 0 Å². The van der Waals surface area contributed by atoms with Gasteiger partial charge in [0.15, 0.2) is 5.15 Å². The summed E-state index contributed by atoms with van der Waals surface area (Å²) in [6.07, 6.45) is 6.13. The zero-order valence-electron chi connectivity index (χ0n) is 14.0. The van der Waals surface area contributed by atoms with Crippen LogP contribution in [-0.4, -0.2) is 16.8 Å². The van der Waals surface area contributed by atoms with Crippen molar-refractivity contribution >= 4 is 29.1 Å². The number of anilines is 1. The minimum absolute atomic E-state index is 0.145. The van der Waals surface area contributed by atoms with Gasteiger partial charge in [-0.15, -0.1) is 0 Å². The van der Waals surface area contributed by atoms with Gasteiger partial charge in [-0.05, 0) is 61.4 Å². The van der Waals surface area contributed by atoms with Crippen LogP contribution in [0.1, 0.15) is 42.5 Å². The van der Waals surface area contributed by atoms with E-state index in [0.717, 1.165) is 18.4 Å². The molecular formula is C19H20ClN3O2. The first kappa shape index (κ1) is 17.4. The molecule has 25 heavy (non-hydrogen) atoms. The molecule has 2 aromatic rings. The number of nitrogens with zero attached hydrogens (tertiary/aromatic N) is 1. The van der Waals surface area contributed by atoms with Gasteiger partial charge in [0.05, 0.1) is 11.7 Å². The molecule has 0 spiro atoms. The summed E-state index contributed by atoms with van der Waals surface area (Å²) in [5, 5.41) is 5.34. The number of pyridine rings is 1. The van der Waals surface area contributed by atoms with E-state index in [1.807, 2.05) is 13.0 Å². The number of carbonyl (C=O) groups excluding carboxylic acids is 2. The molecule has 0 bridgehead atoms. The molecule has 2 N–H and O–H groups in total. The Morgan fingerprint density at radius 2 is 1.88 bits per heavy atom. The Hall–Kier alpha value is -2.40. The number of amides is 2. The molecule has 1 aliphatic carbocycles. The smallest absolute Gasteiger partial charge is 0.313 e. The number of rotatable bonds is 3. The van der Waals surface area contributed by atoms with Gasteiger partial charge in [0.1, 0.15) is 0 Å². The summed E-state index contributed by atoms with van der Waals surface area (Å²) in [6, 6.07) is 9.25. The monoisotopic (exact) mass is 357 g/mol. The van der Waals surface area contributed by atoms with Gasteiger partial charge in [-0.1, -0.05) is 29.8 Å². The Labute approximate surface area is 151 Å². The molecule has 130 valence electrons. The van der Waals surface area contributed by atoms with Crippen molar-refractivity contribution in [3.63, 3.8) is 0 Å². The number of benzene rings is 1. The minimum Gasteiger partial charge on any atom is -0.341 e. The highest BCUT2D eigenvalue weighted by Gasteiger charge is 2.19. The third-order valence-corrected chi connectivity index (χ3v) is 4.73. The third kappa shape index (κ3) is 4.17. The SMILES string of the molecule is CC(NC(=O)C(=O)Nc1cccnc1Cl)c1ccc2c(c1)CCCC2. The highest BCUT2D eigenvalue weighted by Crippen LogP contribution is 2.24. The molecule has 0 saturated heterocycles. The Balaban J connectivity index is 1.64. The van der Waals surface area contributed by atoms with Crippen LogP contribution in [-0.2, 0) is 22.4 Å². The van der Waals surface area contributed by atoms with E-state index in [9.17, 15) is 9.59 Å². The summed E-state index contributed by atoms with van der Waals surface area (Å²) in [5.74, 6) is -1.47. The zero-order chi connectivity index (χ0) is 17.8. The van der Waals surface area contributed by atoms with Crippen LogP contribution in [0.4, 0.5) is 5.69 Å². The van der Waals surface area contributed by atoms with Gasteiger partial charge in [-0.3, -0.25) is 9.59 Å². The number of hydrogen-bond donors (Lipinski definition) is 2. The number of aromatic nitrogens is 1. The lowest BCUT2D eigenvalue weighted by molar-refractivity contribution is -0.136. The van der Waals surface area contributed by atoms with Crippen molar-refractivity contribution in [2.45, 2.75) is 38.6 Å². The Morgan fingerprint density at radius 3 is 2.64 bits per heavy atom. The fraction of sp³-hybridized carbons (Fsp3) is 0.316. The fourth-order valence-corrected chi connectivity index (χ4v) is 3.19. The molecule has 1 aliphatic rings.